The van der Waals surface area contributed by atoms with Gasteiger partial charge in [0.05, 0.1) is 16.1 Å². The maximum Gasteiger partial charge on any atom is 0.229 e. The van der Waals surface area contributed by atoms with Crippen LogP contribution in [-0.4, -0.2) is 28.3 Å². The van der Waals surface area contributed by atoms with Crippen LogP contribution >= 0.6 is 11.3 Å². The van der Waals surface area contributed by atoms with E-state index in [-0.39, 0.29) is 24.2 Å². The highest BCUT2D eigenvalue weighted by Gasteiger charge is 2.36. The van der Waals surface area contributed by atoms with Crippen LogP contribution in [0.1, 0.15) is 28.8 Å². The maximum absolute atomic E-state index is 12.6. The highest BCUT2D eigenvalue weighted by atomic mass is 32.1. The first-order valence-electron chi connectivity index (χ1n) is 9.28. The van der Waals surface area contributed by atoms with Gasteiger partial charge in [-0.05, 0) is 49.6 Å². The zero-order chi connectivity index (χ0) is 19.8. The number of fused-ring (bicyclic) bond motifs is 1. The molecule has 1 fully saturated rings. The van der Waals surface area contributed by atoms with Crippen LogP contribution in [0.3, 0.4) is 0 Å². The number of benzene rings is 1. The highest BCUT2D eigenvalue weighted by molar-refractivity contribution is 7.22. The Morgan fingerprint density at radius 3 is 2.89 bits per heavy atom. The van der Waals surface area contributed by atoms with E-state index in [9.17, 15) is 9.59 Å². The normalized spacial score (nSPS) is 16.8. The fraction of sp³-hybridized carbons (Fsp3) is 0.333. The summed E-state index contributed by atoms with van der Waals surface area (Å²) in [6.45, 7) is 6.78. The Morgan fingerprint density at radius 1 is 1.29 bits per heavy atom. The van der Waals surface area contributed by atoms with Crippen LogP contribution < -0.4 is 10.2 Å². The molecule has 1 N–H and O–H groups in total. The monoisotopic (exact) mass is 394 g/mol. The number of rotatable bonds is 4. The molecule has 7 heteroatoms. The topological polar surface area (TPSA) is 75.2 Å². The van der Waals surface area contributed by atoms with Crippen molar-refractivity contribution in [1.82, 2.24) is 15.3 Å². The quantitative estimate of drug-likeness (QED) is 0.737. The molecule has 3 heterocycles. The van der Waals surface area contributed by atoms with Crippen LogP contribution in [0.2, 0.25) is 0 Å². The molecule has 6 nitrogen and oxygen atoms in total. The van der Waals surface area contributed by atoms with Gasteiger partial charge in [0.2, 0.25) is 11.8 Å². The zero-order valence-corrected chi connectivity index (χ0v) is 17.0. The lowest BCUT2D eigenvalue weighted by Gasteiger charge is -2.13. The molecule has 0 aliphatic carbocycles. The fourth-order valence-corrected chi connectivity index (χ4v) is 4.43. The first kappa shape index (κ1) is 18.6. The lowest BCUT2D eigenvalue weighted by molar-refractivity contribution is -0.126. The number of aromatic nitrogens is 2. The number of aryl methyl sites for hydroxylation is 3. The molecular formula is C21H22N4O2S. The van der Waals surface area contributed by atoms with E-state index in [1.54, 1.807) is 11.1 Å². The summed E-state index contributed by atoms with van der Waals surface area (Å²) < 4.78 is 1.05. The number of amides is 2. The molecule has 0 radical (unpaired) electrons. The third-order valence-electron chi connectivity index (χ3n) is 5.12. The molecule has 2 aromatic heterocycles. The van der Waals surface area contributed by atoms with E-state index in [0.29, 0.717) is 18.2 Å². The second-order valence-electron chi connectivity index (χ2n) is 7.34. The van der Waals surface area contributed by atoms with Crippen LogP contribution in [-0.2, 0) is 16.1 Å². The molecule has 0 spiro atoms. The average Bonchev–Trinajstić information content (AvgIpc) is 3.25. The van der Waals surface area contributed by atoms with Gasteiger partial charge in [-0.1, -0.05) is 23.5 Å². The van der Waals surface area contributed by atoms with Gasteiger partial charge in [-0.2, -0.15) is 0 Å². The molecule has 28 heavy (non-hydrogen) atoms. The molecule has 1 unspecified atom stereocenters. The van der Waals surface area contributed by atoms with Crippen molar-refractivity contribution in [2.24, 2.45) is 5.92 Å². The zero-order valence-electron chi connectivity index (χ0n) is 16.2. The second kappa shape index (κ2) is 7.31. The summed E-state index contributed by atoms with van der Waals surface area (Å²) >= 11 is 1.49. The van der Waals surface area contributed by atoms with Crippen LogP contribution in [0.4, 0.5) is 5.13 Å². The Hall–Kier alpha value is -2.80. The number of carbonyl (C=O) groups is 2. The number of carbonyl (C=O) groups excluding carboxylic acids is 2. The summed E-state index contributed by atoms with van der Waals surface area (Å²) in [6.07, 6.45) is 1.99. The van der Waals surface area contributed by atoms with Crippen molar-refractivity contribution in [2.75, 3.05) is 11.4 Å². The van der Waals surface area contributed by atoms with Crippen molar-refractivity contribution in [3.8, 4) is 0 Å². The third kappa shape index (κ3) is 3.62. The predicted octanol–water partition coefficient (Wildman–Crippen LogP) is 3.29. The molecule has 1 saturated heterocycles. The first-order chi connectivity index (χ1) is 13.4. The maximum atomic E-state index is 12.6. The number of hydrogen-bond donors (Lipinski definition) is 1. The summed E-state index contributed by atoms with van der Waals surface area (Å²) in [5.41, 5.74) is 5.08. The van der Waals surface area contributed by atoms with E-state index in [2.05, 4.69) is 21.4 Å². The number of nitrogens with zero attached hydrogens (tertiary/aromatic N) is 3. The first-order valence-corrected chi connectivity index (χ1v) is 10.1. The molecule has 3 aromatic rings. The number of anilines is 1. The minimum absolute atomic E-state index is 0.0521. The van der Waals surface area contributed by atoms with E-state index in [4.69, 9.17) is 0 Å². The van der Waals surface area contributed by atoms with Gasteiger partial charge in [0.25, 0.3) is 0 Å². The van der Waals surface area contributed by atoms with Gasteiger partial charge < -0.3 is 5.32 Å². The van der Waals surface area contributed by atoms with Crippen LogP contribution in [0.5, 0.6) is 0 Å². The SMILES string of the molecule is Cc1ccc2nc(N3CC(C(=O)NCc4cnc(C)c(C)c4)CC3=O)sc2c1. The Labute approximate surface area is 167 Å². The minimum atomic E-state index is -0.360. The van der Waals surface area contributed by atoms with Crippen molar-refractivity contribution in [3.05, 3.63) is 52.8 Å². The number of nitrogens with one attached hydrogen (secondary N) is 1. The fourth-order valence-electron chi connectivity index (χ4n) is 3.33. The molecule has 1 aromatic carbocycles. The van der Waals surface area contributed by atoms with Crippen molar-refractivity contribution in [2.45, 2.75) is 33.7 Å². The van der Waals surface area contributed by atoms with Gasteiger partial charge in [0.15, 0.2) is 5.13 Å². The van der Waals surface area contributed by atoms with E-state index in [1.807, 2.05) is 39.0 Å². The van der Waals surface area contributed by atoms with Gasteiger partial charge in [-0.25, -0.2) is 4.98 Å². The molecule has 144 valence electrons. The molecular weight excluding hydrogens is 372 g/mol. The summed E-state index contributed by atoms with van der Waals surface area (Å²) in [5.74, 6) is -0.518. The van der Waals surface area contributed by atoms with Crippen molar-refractivity contribution in [3.63, 3.8) is 0 Å². The molecule has 0 bridgehead atoms. The average molecular weight is 395 g/mol. The highest BCUT2D eigenvalue weighted by Crippen LogP contribution is 2.33. The summed E-state index contributed by atoms with van der Waals surface area (Å²) in [5, 5.41) is 3.61. The van der Waals surface area contributed by atoms with Gasteiger partial charge in [0.1, 0.15) is 0 Å². The molecule has 4 rings (SSSR count). The Kier molecular flexibility index (Phi) is 4.85. The smallest absolute Gasteiger partial charge is 0.229 e. The molecule has 1 aliphatic rings. The minimum Gasteiger partial charge on any atom is -0.352 e. The number of hydrogen-bond acceptors (Lipinski definition) is 5. The lowest BCUT2D eigenvalue weighted by atomic mass is 10.1. The van der Waals surface area contributed by atoms with E-state index in [1.165, 1.54) is 11.3 Å². The molecule has 0 saturated carbocycles. The van der Waals surface area contributed by atoms with Gasteiger partial charge in [0, 0.05) is 31.4 Å². The molecule has 2 amide bonds. The summed E-state index contributed by atoms with van der Waals surface area (Å²) in [6, 6.07) is 8.07. The third-order valence-corrected chi connectivity index (χ3v) is 6.16. The van der Waals surface area contributed by atoms with Crippen LogP contribution in [0.15, 0.2) is 30.5 Å². The van der Waals surface area contributed by atoms with E-state index < -0.39 is 0 Å². The lowest BCUT2D eigenvalue weighted by Crippen LogP contribution is -2.32. The van der Waals surface area contributed by atoms with E-state index >= 15 is 0 Å². The van der Waals surface area contributed by atoms with Gasteiger partial charge >= 0.3 is 0 Å². The van der Waals surface area contributed by atoms with Crippen molar-refractivity contribution >= 4 is 38.5 Å². The van der Waals surface area contributed by atoms with Crippen LogP contribution in [0, 0.1) is 26.7 Å². The summed E-state index contributed by atoms with van der Waals surface area (Å²) in [7, 11) is 0. The second-order valence-corrected chi connectivity index (χ2v) is 8.35. The van der Waals surface area contributed by atoms with Crippen LogP contribution in [0.25, 0.3) is 10.2 Å². The molecule has 1 atom stereocenters. The molecule has 1 aliphatic heterocycles. The number of pyridine rings is 1. The van der Waals surface area contributed by atoms with Crippen molar-refractivity contribution < 1.29 is 9.59 Å². The Morgan fingerprint density at radius 2 is 2.11 bits per heavy atom. The van der Waals surface area contributed by atoms with E-state index in [0.717, 1.165) is 32.6 Å². The summed E-state index contributed by atoms with van der Waals surface area (Å²) in [4.78, 5) is 35.6. The van der Waals surface area contributed by atoms with Gasteiger partial charge in [-0.3, -0.25) is 19.5 Å². The van der Waals surface area contributed by atoms with Crippen molar-refractivity contribution in [1.29, 1.82) is 0 Å². The number of thiazole rings is 1. The largest absolute Gasteiger partial charge is 0.352 e. The van der Waals surface area contributed by atoms with Gasteiger partial charge in [-0.15, -0.1) is 0 Å². The Bertz CT molecular complexity index is 1080. The standard InChI is InChI=1S/C21H22N4O2S/c1-12-4-5-17-18(6-12)28-21(24-17)25-11-16(8-19(25)26)20(27)23-10-15-7-13(2)14(3)22-9-15/h4-7,9,16H,8,10-11H2,1-3H3,(H,23,27). The Balaban J connectivity index is 1.43. The predicted molar refractivity (Wildman–Crippen MR) is 110 cm³/mol.